The van der Waals surface area contributed by atoms with Crippen LogP contribution in [0.3, 0.4) is 0 Å². The number of aryl methyl sites for hydroxylation is 2. The molecule has 0 amide bonds. The molecule has 4 heteroatoms. The summed E-state index contributed by atoms with van der Waals surface area (Å²) >= 11 is 0. The maximum Gasteiger partial charge on any atom is 0.141 e. The van der Waals surface area contributed by atoms with Crippen LogP contribution in [0.1, 0.15) is 40.9 Å². The standard InChI is InChI=1S/C17H22N2O2/c1-11-6-4-5-7-15(11)12(2)19-9-16-14(10-20)8-18-13(3)17(16)21/h4-8,12,19-21H,9-10H2,1-3H3/t12-/m1/s1. The van der Waals surface area contributed by atoms with Gasteiger partial charge in [0.15, 0.2) is 0 Å². The van der Waals surface area contributed by atoms with Gasteiger partial charge in [-0.3, -0.25) is 4.98 Å². The van der Waals surface area contributed by atoms with E-state index in [1.165, 1.54) is 11.1 Å². The van der Waals surface area contributed by atoms with Crippen LogP contribution in [0, 0.1) is 13.8 Å². The lowest BCUT2D eigenvalue weighted by molar-refractivity contribution is 0.278. The SMILES string of the molecule is Cc1ccccc1[C@@H](C)NCc1c(CO)cnc(C)c1O. The van der Waals surface area contributed by atoms with Crippen LogP contribution in [-0.4, -0.2) is 15.2 Å². The van der Waals surface area contributed by atoms with E-state index in [0.29, 0.717) is 23.4 Å². The molecule has 21 heavy (non-hydrogen) atoms. The van der Waals surface area contributed by atoms with E-state index in [0.717, 1.165) is 0 Å². The number of nitrogens with zero attached hydrogens (tertiary/aromatic N) is 1. The molecule has 0 saturated carbocycles. The number of aromatic hydroxyl groups is 1. The van der Waals surface area contributed by atoms with E-state index >= 15 is 0 Å². The quantitative estimate of drug-likeness (QED) is 0.790. The number of pyridine rings is 1. The smallest absolute Gasteiger partial charge is 0.141 e. The summed E-state index contributed by atoms with van der Waals surface area (Å²) in [5.41, 5.74) is 4.41. The summed E-state index contributed by atoms with van der Waals surface area (Å²) in [6.45, 7) is 6.29. The summed E-state index contributed by atoms with van der Waals surface area (Å²) in [7, 11) is 0. The largest absolute Gasteiger partial charge is 0.506 e. The molecule has 0 spiro atoms. The van der Waals surface area contributed by atoms with Gasteiger partial charge in [-0.2, -0.15) is 0 Å². The van der Waals surface area contributed by atoms with Crippen molar-refractivity contribution in [2.24, 2.45) is 0 Å². The fourth-order valence-corrected chi connectivity index (χ4v) is 2.46. The third-order valence-corrected chi connectivity index (χ3v) is 3.84. The molecule has 0 aliphatic carbocycles. The van der Waals surface area contributed by atoms with Gasteiger partial charge in [0.25, 0.3) is 0 Å². The topological polar surface area (TPSA) is 65.4 Å². The predicted octanol–water partition coefficient (Wildman–Crippen LogP) is 2.75. The number of hydrogen-bond donors (Lipinski definition) is 3. The van der Waals surface area contributed by atoms with Gasteiger partial charge in [0.2, 0.25) is 0 Å². The molecule has 2 aromatic rings. The lowest BCUT2D eigenvalue weighted by Crippen LogP contribution is -2.20. The van der Waals surface area contributed by atoms with E-state index < -0.39 is 0 Å². The Balaban J connectivity index is 2.17. The molecule has 0 unspecified atom stereocenters. The van der Waals surface area contributed by atoms with Gasteiger partial charge in [0.1, 0.15) is 5.75 Å². The maximum atomic E-state index is 10.1. The van der Waals surface area contributed by atoms with Gasteiger partial charge in [-0.25, -0.2) is 0 Å². The van der Waals surface area contributed by atoms with E-state index in [-0.39, 0.29) is 18.4 Å². The van der Waals surface area contributed by atoms with E-state index in [9.17, 15) is 10.2 Å². The zero-order chi connectivity index (χ0) is 15.4. The predicted molar refractivity (Wildman–Crippen MR) is 83.0 cm³/mol. The van der Waals surface area contributed by atoms with Gasteiger partial charge in [-0.05, 0) is 31.9 Å². The number of nitrogens with one attached hydrogen (secondary N) is 1. The first-order valence-corrected chi connectivity index (χ1v) is 7.10. The number of aromatic nitrogens is 1. The Hall–Kier alpha value is -1.91. The van der Waals surface area contributed by atoms with Gasteiger partial charge in [0, 0.05) is 29.9 Å². The molecule has 112 valence electrons. The Kier molecular flexibility index (Phi) is 4.94. The fourth-order valence-electron chi connectivity index (χ4n) is 2.46. The molecule has 1 heterocycles. The highest BCUT2D eigenvalue weighted by molar-refractivity contribution is 5.40. The lowest BCUT2D eigenvalue weighted by Gasteiger charge is -2.18. The van der Waals surface area contributed by atoms with Crippen molar-refractivity contribution < 1.29 is 10.2 Å². The zero-order valence-electron chi connectivity index (χ0n) is 12.7. The zero-order valence-corrected chi connectivity index (χ0v) is 12.7. The molecule has 0 aliphatic rings. The van der Waals surface area contributed by atoms with Crippen LogP contribution in [0.25, 0.3) is 0 Å². The second kappa shape index (κ2) is 6.70. The third-order valence-electron chi connectivity index (χ3n) is 3.84. The third kappa shape index (κ3) is 3.40. The van der Waals surface area contributed by atoms with Gasteiger partial charge >= 0.3 is 0 Å². The number of aliphatic hydroxyl groups excluding tert-OH is 1. The van der Waals surface area contributed by atoms with Crippen LogP contribution in [-0.2, 0) is 13.2 Å². The Morgan fingerprint density at radius 3 is 2.62 bits per heavy atom. The van der Waals surface area contributed by atoms with Crippen molar-refractivity contribution in [1.29, 1.82) is 0 Å². The number of hydrogen-bond acceptors (Lipinski definition) is 4. The molecule has 4 nitrogen and oxygen atoms in total. The molecule has 0 bridgehead atoms. The van der Waals surface area contributed by atoms with Gasteiger partial charge in [0.05, 0.1) is 12.3 Å². The first kappa shape index (κ1) is 15.5. The second-order valence-electron chi connectivity index (χ2n) is 5.31. The lowest BCUT2D eigenvalue weighted by atomic mass is 10.0. The minimum absolute atomic E-state index is 0.128. The summed E-state index contributed by atoms with van der Waals surface area (Å²) in [6, 6.07) is 8.38. The summed E-state index contributed by atoms with van der Waals surface area (Å²) in [5.74, 6) is 0.158. The van der Waals surface area contributed by atoms with Crippen molar-refractivity contribution in [2.75, 3.05) is 0 Å². The van der Waals surface area contributed by atoms with Crippen molar-refractivity contribution in [1.82, 2.24) is 10.3 Å². The van der Waals surface area contributed by atoms with Crippen LogP contribution >= 0.6 is 0 Å². The highest BCUT2D eigenvalue weighted by Gasteiger charge is 2.13. The highest BCUT2D eigenvalue weighted by Crippen LogP contribution is 2.25. The fraction of sp³-hybridized carbons (Fsp3) is 0.353. The molecule has 0 saturated heterocycles. The van der Waals surface area contributed by atoms with Gasteiger partial charge in [-0.1, -0.05) is 24.3 Å². The van der Waals surface area contributed by atoms with E-state index in [2.05, 4.69) is 36.3 Å². The van der Waals surface area contributed by atoms with Crippen molar-refractivity contribution in [2.45, 2.75) is 40.0 Å². The molecule has 0 fully saturated rings. The molecular formula is C17H22N2O2. The molecule has 0 aliphatic heterocycles. The molecule has 2 rings (SSSR count). The molecular weight excluding hydrogens is 264 g/mol. The Morgan fingerprint density at radius 2 is 1.95 bits per heavy atom. The first-order chi connectivity index (χ1) is 10.0. The molecule has 1 aromatic carbocycles. The Labute approximate surface area is 125 Å². The van der Waals surface area contributed by atoms with Gasteiger partial charge < -0.3 is 15.5 Å². The number of aliphatic hydroxyl groups is 1. The molecule has 3 N–H and O–H groups in total. The average molecular weight is 286 g/mol. The minimum Gasteiger partial charge on any atom is -0.506 e. The van der Waals surface area contributed by atoms with E-state index in [4.69, 9.17) is 0 Å². The van der Waals surface area contributed by atoms with Crippen LogP contribution in [0.5, 0.6) is 5.75 Å². The highest BCUT2D eigenvalue weighted by atomic mass is 16.3. The monoisotopic (exact) mass is 286 g/mol. The van der Waals surface area contributed by atoms with Crippen LogP contribution in [0.15, 0.2) is 30.5 Å². The second-order valence-corrected chi connectivity index (χ2v) is 5.31. The van der Waals surface area contributed by atoms with Crippen molar-refractivity contribution in [3.63, 3.8) is 0 Å². The maximum absolute atomic E-state index is 10.1. The summed E-state index contributed by atoms with van der Waals surface area (Å²) in [5, 5.41) is 22.9. The van der Waals surface area contributed by atoms with Crippen LogP contribution in [0.2, 0.25) is 0 Å². The van der Waals surface area contributed by atoms with Crippen molar-refractivity contribution >= 4 is 0 Å². The summed E-state index contributed by atoms with van der Waals surface area (Å²) in [4.78, 5) is 4.07. The van der Waals surface area contributed by atoms with Gasteiger partial charge in [-0.15, -0.1) is 0 Å². The Bertz CT molecular complexity index is 626. The number of benzene rings is 1. The van der Waals surface area contributed by atoms with E-state index in [1.54, 1.807) is 13.1 Å². The minimum atomic E-state index is -0.128. The number of rotatable bonds is 5. The average Bonchev–Trinajstić information content (AvgIpc) is 2.49. The summed E-state index contributed by atoms with van der Waals surface area (Å²) < 4.78 is 0. The van der Waals surface area contributed by atoms with Crippen molar-refractivity contribution in [3.8, 4) is 5.75 Å². The molecule has 1 atom stereocenters. The summed E-state index contributed by atoms with van der Waals surface area (Å²) in [6.07, 6.45) is 1.62. The van der Waals surface area contributed by atoms with Crippen LogP contribution in [0.4, 0.5) is 0 Å². The Morgan fingerprint density at radius 1 is 1.24 bits per heavy atom. The normalized spacial score (nSPS) is 12.4. The van der Waals surface area contributed by atoms with Crippen LogP contribution < -0.4 is 5.32 Å². The van der Waals surface area contributed by atoms with Crippen molar-refractivity contribution in [3.05, 3.63) is 58.4 Å². The molecule has 0 radical (unpaired) electrons. The van der Waals surface area contributed by atoms with E-state index in [1.807, 2.05) is 12.1 Å². The first-order valence-electron chi connectivity index (χ1n) is 7.10. The molecule has 1 aromatic heterocycles.